The smallest absolute Gasteiger partial charge is 0.284 e. The second-order valence-corrected chi connectivity index (χ2v) is 3.78. The third kappa shape index (κ3) is 2.49. The average Bonchev–Trinajstić information content (AvgIpc) is 2.12. The van der Waals surface area contributed by atoms with Gasteiger partial charge in [0, 0.05) is 4.47 Å². The van der Waals surface area contributed by atoms with Crippen LogP contribution in [0.2, 0.25) is 5.02 Å². The molecule has 1 aromatic carbocycles. The van der Waals surface area contributed by atoms with E-state index in [1.165, 1.54) is 0 Å². The lowest BCUT2D eigenvalue weighted by molar-refractivity contribution is -0.0887. The predicted octanol–water partition coefficient (Wildman–Crippen LogP) is 3.99. The Morgan fingerprint density at radius 1 is 1.33 bits per heavy atom. The molecule has 0 aliphatic heterocycles. The van der Waals surface area contributed by atoms with Gasteiger partial charge in [-0.2, -0.15) is 13.2 Å². The van der Waals surface area contributed by atoms with Gasteiger partial charge in [0.1, 0.15) is 0 Å². The van der Waals surface area contributed by atoms with Crippen LogP contribution in [0.3, 0.4) is 0 Å². The van der Waals surface area contributed by atoms with Crippen molar-refractivity contribution in [2.24, 2.45) is 0 Å². The molecule has 0 aliphatic carbocycles. The third-order valence-corrected chi connectivity index (χ3v) is 2.80. The standard InChI is InChI=1S/C8H2BrClF4O/c9-4-2-1-3(6(11)5(4)10)7(15)8(12,13)14/h1-2H. The van der Waals surface area contributed by atoms with Gasteiger partial charge in [-0.15, -0.1) is 0 Å². The minimum Gasteiger partial charge on any atom is -0.284 e. The summed E-state index contributed by atoms with van der Waals surface area (Å²) in [5.74, 6) is -3.64. The van der Waals surface area contributed by atoms with Crippen LogP contribution < -0.4 is 0 Å². The van der Waals surface area contributed by atoms with Gasteiger partial charge in [-0.1, -0.05) is 11.6 Å². The van der Waals surface area contributed by atoms with Crippen molar-refractivity contribution in [2.75, 3.05) is 0 Å². The van der Waals surface area contributed by atoms with E-state index >= 15 is 0 Å². The highest BCUT2D eigenvalue weighted by molar-refractivity contribution is 9.10. The molecule has 0 amide bonds. The molecule has 0 spiro atoms. The number of rotatable bonds is 1. The molecule has 0 atom stereocenters. The maximum atomic E-state index is 13.2. The molecule has 15 heavy (non-hydrogen) atoms. The number of benzene rings is 1. The number of ketones is 1. The highest BCUT2D eigenvalue weighted by atomic mass is 79.9. The van der Waals surface area contributed by atoms with Crippen LogP contribution in [0, 0.1) is 5.82 Å². The molecule has 1 aromatic rings. The molecule has 0 aromatic heterocycles. The van der Waals surface area contributed by atoms with E-state index in [9.17, 15) is 22.4 Å². The fourth-order valence-corrected chi connectivity index (χ4v) is 1.32. The van der Waals surface area contributed by atoms with Crippen LogP contribution in [0.1, 0.15) is 10.4 Å². The molecule has 0 bridgehead atoms. The molecule has 0 fully saturated rings. The van der Waals surface area contributed by atoms with Crippen molar-refractivity contribution in [3.63, 3.8) is 0 Å². The summed E-state index contributed by atoms with van der Waals surface area (Å²) in [5, 5.41) is -0.551. The summed E-state index contributed by atoms with van der Waals surface area (Å²) in [4.78, 5) is 10.7. The first-order valence-electron chi connectivity index (χ1n) is 3.50. The first kappa shape index (κ1) is 12.4. The number of hydrogen-bond donors (Lipinski definition) is 0. The summed E-state index contributed by atoms with van der Waals surface area (Å²) < 4.78 is 49.2. The average molecular weight is 305 g/mol. The monoisotopic (exact) mass is 304 g/mol. The number of hydrogen-bond acceptors (Lipinski definition) is 1. The van der Waals surface area contributed by atoms with Gasteiger partial charge in [0.25, 0.3) is 5.78 Å². The third-order valence-electron chi connectivity index (χ3n) is 1.54. The van der Waals surface area contributed by atoms with Crippen molar-refractivity contribution in [1.29, 1.82) is 0 Å². The molecule has 1 nitrogen and oxygen atoms in total. The largest absolute Gasteiger partial charge is 0.454 e. The van der Waals surface area contributed by atoms with Gasteiger partial charge >= 0.3 is 6.18 Å². The molecule has 0 saturated carbocycles. The Hall–Kier alpha value is -0.620. The van der Waals surface area contributed by atoms with Crippen LogP contribution in [0.4, 0.5) is 17.6 Å². The lowest BCUT2D eigenvalue weighted by atomic mass is 10.1. The van der Waals surface area contributed by atoms with Crippen LogP contribution in [-0.2, 0) is 0 Å². The van der Waals surface area contributed by atoms with Gasteiger partial charge in [-0.3, -0.25) is 4.79 Å². The van der Waals surface area contributed by atoms with Crippen molar-refractivity contribution in [3.8, 4) is 0 Å². The highest BCUT2D eigenvalue weighted by Gasteiger charge is 2.41. The summed E-state index contributed by atoms with van der Waals surface area (Å²) in [6.07, 6.45) is -5.11. The van der Waals surface area contributed by atoms with Gasteiger partial charge in [-0.25, -0.2) is 4.39 Å². The molecule has 0 aliphatic rings. The normalized spacial score (nSPS) is 11.6. The van der Waals surface area contributed by atoms with Gasteiger partial charge in [-0.05, 0) is 28.1 Å². The number of carbonyl (C=O) groups excluding carboxylic acids is 1. The first-order valence-corrected chi connectivity index (χ1v) is 4.67. The lowest BCUT2D eigenvalue weighted by Gasteiger charge is -2.07. The SMILES string of the molecule is O=C(c1ccc(Br)c(Cl)c1F)C(F)(F)F. The molecule has 0 heterocycles. The lowest BCUT2D eigenvalue weighted by Crippen LogP contribution is -2.23. The summed E-state index contributed by atoms with van der Waals surface area (Å²) in [7, 11) is 0. The quantitative estimate of drug-likeness (QED) is 0.436. The van der Waals surface area contributed by atoms with Crippen LogP contribution in [0.25, 0.3) is 0 Å². The van der Waals surface area contributed by atoms with E-state index in [-0.39, 0.29) is 4.47 Å². The molecular weight excluding hydrogens is 303 g/mol. The predicted molar refractivity (Wildman–Crippen MR) is 49.5 cm³/mol. The summed E-state index contributed by atoms with van der Waals surface area (Å²) in [6.45, 7) is 0. The minimum absolute atomic E-state index is 0.0837. The second-order valence-electron chi connectivity index (χ2n) is 2.55. The number of alkyl halides is 3. The van der Waals surface area contributed by atoms with Crippen molar-refractivity contribution >= 4 is 33.3 Å². The minimum atomic E-state index is -5.11. The molecular formula is C8H2BrClF4O. The van der Waals surface area contributed by atoms with Gasteiger partial charge < -0.3 is 0 Å². The number of carbonyl (C=O) groups is 1. The van der Waals surface area contributed by atoms with Crippen molar-refractivity contribution in [3.05, 3.63) is 33.0 Å². The molecule has 0 unspecified atom stereocenters. The Labute approximate surface area is 95.2 Å². The molecule has 0 radical (unpaired) electrons. The van der Waals surface area contributed by atoms with Crippen molar-refractivity contribution in [1.82, 2.24) is 0 Å². The van der Waals surface area contributed by atoms with E-state index in [1.807, 2.05) is 0 Å². The number of halogens is 6. The highest BCUT2D eigenvalue weighted by Crippen LogP contribution is 2.30. The fourth-order valence-electron chi connectivity index (χ4n) is 0.854. The molecule has 0 saturated heterocycles. The van der Waals surface area contributed by atoms with Crippen LogP contribution in [0.15, 0.2) is 16.6 Å². The van der Waals surface area contributed by atoms with E-state index in [1.54, 1.807) is 0 Å². The maximum absolute atomic E-state index is 13.2. The van der Waals surface area contributed by atoms with Crippen LogP contribution in [0.5, 0.6) is 0 Å². The van der Waals surface area contributed by atoms with E-state index < -0.39 is 28.4 Å². The topological polar surface area (TPSA) is 17.1 Å². The number of Topliss-reactive ketones (excluding diaryl/α,β-unsaturated/α-hetero) is 1. The fraction of sp³-hybridized carbons (Fsp3) is 0.125. The van der Waals surface area contributed by atoms with Gasteiger partial charge in [0.05, 0.1) is 10.6 Å². The Morgan fingerprint density at radius 3 is 2.33 bits per heavy atom. The van der Waals surface area contributed by atoms with E-state index in [2.05, 4.69) is 15.9 Å². The molecule has 7 heteroatoms. The summed E-state index contributed by atoms with van der Waals surface area (Å²) in [5.41, 5.74) is -1.09. The van der Waals surface area contributed by atoms with Crippen LogP contribution in [-0.4, -0.2) is 12.0 Å². The van der Waals surface area contributed by atoms with E-state index in [0.29, 0.717) is 0 Å². The summed E-state index contributed by atoms with van der Waals surface area (Å²) >= 11 is 8.15. The molecule has 1 rings (SSSR count). The van der Waals surface area contributed by atoms with Gasteiger partial charge in [0.2, 0.25) is 0 Å². The van der Waals surface area contributed by atoms with Crippen LogP contribution >= 0.6 is 27.5 Å². The van der Waals surface area contributed by atoms with E-state index in [0.717, 1.165) is 12.1 Å². The molecule has 82 valence electrons. The Balaban J connectivity index is 3.29. The van der Waals surface area contributed by atoms with Gasteiger partial charge in [0.15, 0.2) is 5.82 Å². The zero-order valence-corrected chi connectivity index (χ0v) is 9.17. The Morgan fingerprint density at radius 2 is 1.87 bits per heavy atom. The van der Waals surface area contributed by atoms with E-state index in [4.69, 9.17) is 11.6 Å². The second kappa shape index (κ2) is 4.09. The van der Waals surface area contributed by atoms with Crippen molar-refractivity contribution < 1.29 is 22.4 Å². The Bertz CT molecular complexity index is 416. The zero-order chi connectivity index (χ0) is 11.8. The maximum Gasteiger partial charge on any atom is 0.454 e. The Kier molecular flexibility index (Phi) is 3.40. The zero-order valence-electron chi connectivity index (χ0n) is 6.83. The summed E-state index contributed by atoms with van der Waals surface area (Å²) in [6, 6.07) is 1.80. The first-order chi connectivity index (χ1) is 6.75. The van der Waals surface area contributed by atoms with Crippen molar-refractivity contribution in [2.45, 2.75) is 6.18 Å². The molecule has 0 N–H and O–H groups in total.